The summed E-state index contributed by atoms with van der Waals surface area (Å²) in [6.07, 6.45) is 5.10. The van der Waals surface area contributed by atoms with Gasteiger partial charge in [-0.3, -0.25) is 0 Å². The molecule has 0 saturated heterocycles. The summed E-state index contributed by atoms with van der Waals surface area (Å²) >= 11 is 3.35. The van der Waals surface area contributed by atoms with Crippen molar-refractivity contribution in [3.8, 4) is 5.75 Å². The van der Waals surface area contributed by atoms with Gasteiger partial charge in [0.2, 0.25) is 0 Å². The molecule has 1 unspecified atom stereocenters. The Morgan fingerprint density at radius 1 is 1.44 bits per heavy atom. The van der Waals surface area contributed by atoms with Crippen LogP contribution in [-0.4, -0.2) is 11.1 Å². The summed E-state index contributed by atoms with van der Waals surface area (Å²) in [5.74, 6) is 0.361. The third-order valence-electron chi connectivity index (χ3n) is 3.86. The fourth-order valence-corrected chi connectivity index (χ4v) is 3.24. The lowest BCUT2D eigenvalue weighted by Gasteiger charge is -2.35. The standard InChI is InChI=1S/C15H22BrNO/c1-15(2)8-4-6-12(9-15)17-10-11-5-3-7-13(16)14(11)18/h3,5,7,12,17-18H,4,6,8-10H2,1-2H3. The number of phenols is 1. The van der Waals surface area contributed by atoms with Crippen LogP contribution in [0.3, 0.4) is 0 Å². The largest absolute Gasteiger partial charge is 0.506 e. The summed E-state index contributed by atoms with van der Waals surface area (Å²) in [6, 6.07) is 6.38. The summed E-state index contributed by atoms with van der Waals surface area (Å²) in [5.41, 5.74) is 1.42. The third kappa shape index (κ3) is 3.48. The first-order valence-corrected chi connectivity index (χ1v) is 7.47. The molecule has 2 nitrogen and oxygen atoms in total. The maximum atomic E-state index is 9.94. The van der Waals surface area contributed by atoms with Gasteiger partial charge in [0.05, 0.1) is 4.47 Å². The number of rotatable bonds is 3. The van der Waals surface area contributed by atoms with E-state index in [0.29, 0.717) is 17.2 Å². The molecule has 0 radical (unpaired) electrons. The Bertz CT molecular complexity index is 417. The first kappa shape index (κ1) is 13.9. The van der Waals surface area contributed by atoms with Gasteiger partial charge in [0.1, 0.15) is 5.75 Å². The number of aromatic hydroxyl groups is 1. The second kappa shape index (κ2) is 5.62. The molecule has 3 heteroatoms. The minimum Gasteiger partial charge on any atom is -0.506 e. The molecule has 0 spiro atoms. The summed E-state index contributed by atoms with van der Waals surface area (Å²) in [7, 11) is 0. The highest BCUT2D eigenvalue weighted by Crippen LogP contribution is 2.35. The van der Waals surface area contributed by atoms with Crippen LogP contribution in [0, 0.1) is 5.41 Å². The maximum absolute atomic E-state index is 9.94. The normalized spacial score (nSPS) is 22.9. The van der Waals surface area contributed by atoms with E-state index in [2.05, 4.69) is 35.1 Å². The van der Waals surface area contributed by atoms with Gasteiger partial charge in [0.25, 0.3) is 0 Å². The molecule has 2 N–H and O–H groups in total. The first-order valence-electron chi connectivity index (χ1n) is 6.68. The van der Waals surface area contributed by atoms with Crippen molar-refractivity contribution >= 4 is 15.9 Å². The number of halogens is 1. The number of benzene rings is 1. The number of nitrogens with one attached hydrogen (secondary N) is 1. The van der Waals surface area contributed by atoms with Crippen LogP contribution < -0.4 is 5.32 Å². The number of phenolic OH excluding ortho intramolecular Hbond substituents is 1. The van der Waals surface area contributed by atoms with Crippen LogP contribution in [0.5, 0.6) is 5.75 Å². The highest BCUT2D eigenvalue weighted by Gasteiger charge is 2.27. The molecule has 1 aromatic rings. The van der Waals surface area contributed by atoms with E-state index in [9.17, 15) is 5.11 Å². The first-order chi connectivity index (χ1) is 8.48. The second-order valence-electron chi connectivity index (χ2n) is 6.09. The smallest absolute Gasteiger partial charge is 0.134 e. The van der Waals surface area contributed by atoms with Gasteiger partial charge in [-0.1, -0.05) is 32.4 Å². The number of hydrogen-bond donors (Lipinski definition) is 2. The molecule has 1 aliphatic rings. The van der Waals surface area contributed by atoms with Crippen LogP contribution in [0.2, 0.25) is 0 Å². The number of hydrogen-bond acceptors (Lipinski definition) is 2. The van der Waals surface area contributed by atoms with Crippen molar-refractivity contribution in [1.29, 1.82) is 0 Å². The summed E-state index contributed by atoms with van der Waals surface area (Å²) in [6.45, 7) is 5.43. The van der Waals surface area contributed by atoms with Gasteiger partial charge in [-0.2, -0.15) is 0 Å². The Labute approximate surface area is 118 Å². The Hall–Kier alpha value is -0.540. The summed E-state index contributed by atoms with van der Waals surface area (Å²) in [4.78, 5) is 0. The molecule has 100 valence electrons. The Morgan fingerprint density at radius 3 is 2.94 bits per heavy atom. The zero-order chi connectivity index (χ0) is 13.2. The molecule has 0 bridgehead atoms. The zero-order valence-electron chi connectivity index (χ0n) is 11.2. The second-order valence-corrected chi connectivity index (χ2v) is 6.94. The van der Waals surface area contributed by atoms with Crippen LogP contribution >= 0.6 is 15.9 Å². The predicted molar refractivity (Wildman–Crippen MR) is 78.7 cm³/mol. The summed E-state index contributed by atoms with van der Waals surface area (Å²) in [5, 5.41) is 13.5. The van der Waals surface area contributed by atoms with E-state index in [4.69, 9.17) is 0 Å². The fourth-order valence-electron chi connectivity index (χ4n) is 2.83. The lowest BCUT2D eigenvalue weighted by molar-refractivity contribution is 0.197. The lowest BCUT2D eigenvalue weighted by Crippen LogP contribution is -2.36. The van der Waals surface area contributed by atoms with Crippen molar-refractivity contribution in [3.05, 3.63) is 28.2 Å². The molecular formula is C15H22BrNO. The van der Waals surface area contributed by atoms with Crippen molar-refractivity contribution in [2.24, 2.45) is 5.41 Å². The highest BCUT2D eigenvalue weighted by atomic mass is 79.9. The molecule has 1 fully saturated rings. The predicted octanol–water partition coefficient (Wildman–Crippen LogP) is 4.21. The molecule has 1 atom stereocenters. The van der Waals surface area contributed by atoms with Gasteiger partial charge in [-0.05, 0) is 46.7 Å². The third-order valence-corrected chi connectivity index (χ3v) is 4.50. The van der Waals surface area contributed by atoms with Gasteiger partial charge in [0, 0.05) is 18.2 Å². The average Bonchev–Trinajstić information content (AvgIpc) is 2.30. The zero-order valence-corrected chi connectivity index (χ0v) is 12.8. The molecule has 0 amide bonds. The topological polar surface area (TPSA) is 32.3 Å². The molecule has 0 heterocycles. The molecule has 18 heavy (non-hydrogen) atoms. The van der Waals surface area contributed by atoms with Crippen LogP contribution in [-0.2, 0) is 6.54 Å². The Balaban J connectivity index is 1.93. The van der Waals surface area contributed by atoms with Crippen molar-refractivity contribution in [3.63, 3.8) is 0 Å². The Kier molecular flexibility index (Phi) is 4.33. The van der Waals surface area contributed by atoms with E-state index in [1.807, 2.05) is 18.2 Å². The monoisotopic (exact) mass is 311 g/mol. The molecule has 2 rings (SSSR count). The van der Waals surface area contributed by atoms with Crippen molar-refractivity contribution in [2.45, 2.75) is 52.1 Å². The summed E-state index contributed by atoms with van der Waals surface area (Å²) < 4.78 is 0.769. The minimum absolute atomic E-state index is 0.361. The van der Waals surface area contributed by atoms with Crippen molar-refractivity contribution in [2.75, 3.05) is 0 Å². The van der Waals surface area contributed by atoms with Crippen LogP contribution in [0.15, 0.2) is 22.7 Å². The minimum atomic E-state index is 0.361. The quantitative estimate of drug-likeness (QED) is 0.876. The van der Waals surface area contributed by atoms with Crippen molar-refractivity contribution in [1.82, 2.24) is 5.32 Å². The van der Waals surface area contributed by atoms with E-state index in [1.54, 1.807) is 0 Å². The van der Waals surface area contributed by atoms with Gasteiger partial charge in [-0.15, -0.1) is 0 Å². The van der Waals surface area contributed by atoms with E-state index in [0.717, 1.165) is 16.6 Å². The molecule has 0 aromatic heterocycles. The van der Waals surface area contributed by atoms with Crippen LogP contribution in [0.1, 0.15) is 45.1 Å². The van der Waals surface area contributed by atoms with Crippen LogP contribution in [0.4, 0.5) is 0 Å². The van der Waals surface area contributed by atoms with E-state index >= 15 is 0 Å². The SMILES string of the molecule is CC1(C)CCCC(NCc2cccc(Br)c2O)C1. The molecule has 1 aromatic carbocycles. The van der Waals surface area contributed by atoms with Gasteiger partial charge in [0.15, 0.2) is 0 Å². The maximum Gasteiger partial charge on any atom is 0.134 e. The Morgan fingerprint density at radius 2 is 2.22 bits per heavy atom. The van der Waals surface area contributed by atoms with Gasteiger partial charge in [-0.25, -0.2) is 0 Å². The molecule has 1 saturated carbocycles. The molecule has 0 aliphatic heterocycles. The van der Waals surface area contributed by atoms with E-state index in [1.165, 1.54) is 25.7 Å². The highest BCUT2D eigenvalue weighted by molar-refractivity contribution is 9.10. The molecular weight excluding hydrogens is 290 g/mol. The lowest BCUT2D eigenvalue weighted by atomic mass is 9.75. The van der Waals surface area contributed by atoms with Crippen LogP contribution in [0.25, 0.3) is 0 Å². The number of para-hydroxylation sites is 1. The van der Waals surface area contributed by atoms with E-state index in [-0.39, 0.29) is 0 Å². The average molecular weight is 312 g/mol. The van der Waals surface area contributed by atoms with E-state index < -0.39 is 0 Å². The van der Waals surface area contributed by atoms with Crippen molar-refractivity contribution < 1.29 is 5.11 Å². The van der Waals surface area contributed by atoms with Gasteiger partial charge >= 0.3 is 0 Å². The fraction of sp³-hybridized carbons (Fsp3) is 0.600. The molecule has 1 aliphatic carbocycles. The van der Waals surface area contributed by atoms with Gasteiger partial charge < -0.3 is 10.4 Å².